The fourth-order valence-electron chi connectivity index (χ4n) is 3.78. The van der Waals surface area contributed by atoms with Gasteiger partial charge in [-0.2, -0.15) is 10.2 Å². The molecule has 0 saturated heterocycles. The Labute approximate surface area is 140 Å². The number of hydrogen-bond donors (Lipinski definition) is 0. The number of ketones is 1. The Bertz CT molecular complexity index is 846. The molecule has 0 N–H and O–H groups in total. The summed E-state index contributed by atoms with van der Waals surface area (Å²) in [6.07, 6.45) is 0.602. The monoisotopic (exact) mass is 322 g/mol. The molecule has 0 radical (unpaired) electrons. The quantitative estimate of drug-likeness (QED) is 0.870. The van der Waals surface area contributed by atoms with E-state index < -0.39 is 5.54 Å². The van der Waals surface area contributed by atoms with Crippen LogP contribution in [0.5, 0.6) is 11.5 Å². The van der Waals surface area contributed by atoms with Crippen LogP contribution in [-0.4, -0.2) is 32.1 Å². The number of hydrogen-bond acceptors (Lipinski definition) is 5. The second-order valence-electron chi connectivity index (χ2n) is 6.18. The SMILES string of the molecule is COc1ccc([C@H]2CN=N[C@]23Cc2ccccc2C3=O)cc1OC. The summed E-state index contributed by atoms with van der Waals surface area (Å²) in [5.74, 6) is 1.31. The van der Waals surface area contributed by atoms with E-state index in [2.05, 4.69) is 10.2 Å². The molecule has 4 rings (SSSR count). The van der Waals surface area contributed by atoms with Gasteiger partial charge in [-0.3, -0.25) is 4.79 Å². The Hall–Kier alpha value is -2.69. The minimum absolute atomic E-state index is 0.0686. The largest absolute Gasteiger partial charge is 0.493 e. The number of Topliss-reactive ketones (excluding diaryl/α,β-unsaturated/α-hetero) is 1. The molecule has 0 amide bonds. The first kappa shape index (κ1) is 14.9. The third kappa shape index (κ3) is 1.97. The maximum atomic E-state index is 13.1. The Morgan fingerprint density at radius 1 is 1.08 bits per heavy atom. The summed E-state index contributed by atoms with van der Waals surface area (Å²) in [6, 6.07) is 13.5. The number of fused-ring (bicyclic) bond motifs is 1. The second kappa shape index (κ2) is 5.44. The molecule has 1 heterocycles. The number of rotatable bonds is 3. The summed E-state index contributed by atoms with van der Waals surface area (Å²) in [5.41, 5.74) is 2.00. The lowest BCUT2D eigenvalue weighted by Gasteiger charge is -2.26. The molecule has 0 fully saturated rings. The van der Waals surface area contributed by atoms with E-state index in [1.54, 1.807) is 14.2 Å². The molecule has 2 aliphatic rings. The zero-order valence-electron chi connectivity index (χ0n) is 13.7. The van der Waals surface area contributed by atoms with Crippen molar-refractivity contribution in [2.45, 2.75) is 17.9 Å². The molecule has 24 heavy (non-hydrogen) atoms. The fraction of sp³-hybridized carbons (Fsp3) is 0.316. The molecule has 1 aliphatic heterocycles. The van der Waals surface area contributed by atoms with Gasteiger partial charge >= 0.3 is 0 Å². The molecular formula is C19H18N2O3. The molecule has 5 heteroatoms. The number of ether oxygens (including phenoxy) is 2. The smallest absolute Gasteiger partial charge is 0.193 e. The minimum Gasteiger partial charge on any atom is -0.493 e. The molecule has 0 unspecified atom stereocenters. The van der Waals surface area contributed by atoms with Crippen molar-refractivity contribution in [1.82, 2.24) is 0 Å². The second-order valence-corrected chi connectivity index (χ2v) is 6.18. The van der Waals surface area contributed by atoms with E-state index in [4.69, 9.17) is 9.47 Å². The zero-order valence-corrected chi connectivity index (χ0v) is 13.7. The van der Waals surface area contributed by atoms with Crippen LogP contribution in [0.4, 0.5) is 0 Å². The summed E-state index contributed by atoms with van der Waals surface area (Å²) < 4.78 is 10.7. The first-order valence-corrected chi connectivity index (χ1v) is 7.93. The van der Waals surface area contributed by atoms with E-state index in [1.165, 1.54) is 0 Å². The maximum absolute atomic E-state index is 13.1. The lowest BCUT2D eigenvalue weighted by atomic mass is 9.78. The molecular weight excluding hydrogens is 304 g/mol. The maximum Gasteiger partial charge on any atom is 0.193 e. The molecule has 2 atom stereocenters. The molecule has 0 saturated carbocycles. The third-order valence-corrected chi connectivity index (χ3v) is 5.01. The van der Waals surface area contributed by atoms with Gasteiger partial charge in [0.1, 0.15) is 0 Å². The highest BCUT2D eigenvalue weighted by Gasteiger charge is 2.54. The van der Waals surface area contributed by atoms with Gasteiger partial charge in [-0.05, 0) is 23.3 Å². The van der Waals surface area contributed by atoms with E-state index in [1.807, 2.05) is 42.5 Å². The average Bonchev–Trinajstić information content (AvgIpc) is 3.17. The fourth-order valence-corrected chi connectivity index (χ4v) is 3.78. The van der Waals surface area contributed by atoms with E-state index >= 15 is 0 Å². The van der Waals surface area contributed by atoms with Gasteiger partial charge in [-0.25, -0.2) is 0 Å². The predicted octanol–water partition coefficient (Wildman–Crippen LogP) is 3.43. The van der Waals surface area contributed by atoms with Crippen molar-refractivity contribution in [2.24, 2.45) is 10.2 Å². The Morgan fingerprint density at radius 2 is 1.88 bits per heavy atom. The van der Waals surface area contributed by atoms with Crippen molar-refractivity contribution in [3.8, 4) is 11.5 Å². The first-order chi connectivity index (χ1) is 11.7. The van der Waals surface area contributed by atoms with Gasteiger partial charge in [0.2, 0.25) is 0 Å². The molecule has 5 nitrogen and oxygen atoms in total. The number of nitrogens with zero attached hydrogens (tertiary/aromatic N) is 2. The number of benzene rings is 2. The van der Waals surface area contributed by atoms with Crippen LogP contribution in [0, 0.1) is 0 Å². The van der Waals surface area contributed by atoms with Crippen LogP contribution in [0.3, 0.4) is 0 Å². The topological polar surface area (TPSA) is 60.2 Å². The third-order valence-electron chi connectivity index (χ3n) is 5.01. The number of carbonyl (C=O) groups is 1. The lowest BCUT2D eigenvalue weighted by molar-refractivity contribution is 0.0897. The number of azo groups is 1. The van der Waals surface area contributed by atoms with E-state index in [-0.39, 0.29) is 11.7 Å². The van der Waals surface area contributed by atoms with E-state index in [0.29, 0.717) is 24.5 Å². The van der Waals surface area contributed by atoms with Crippen molar-refractivity contribution in [2.75, 3.05) is 20.8 Å². The zero-order chi connectivity index (χ0) is 16.7. The van der Waals surface area contributed by atoms with Gasteiger partial charge in [0, 0.05) is 17.9 Å². The highest BCUT2D eigenvalue weighted by atomic mass is 16.5. The van der Waals surface area contributed by atoms with Crippen LogP contribution in [0.1, 0.15) is 27.4 Å². The normalized spacial score (nSPS) is 24.4. The number of carbonyl (C=O) groups excluding carboxylic acids is 1. The molecule has 2 aromatic rings. The number of methoxy groups -OCH3 is 2. The van der Waals surface area contributed by atoms with Crippen LogP contribution in [-0.2, 0) is 6.42 Å². The average molecular weight is 322 g/mol. The van der Waals surface area contributed by atoms with Gasteiger partial charge in [0.15, 0.2) is 22.8 Å². The van der Waals surface area contributed by atoms with Crippen molar-refractivity contribution in [3.63, 3.8) is 0 Å². The van der Waals surface area contributed by atoms with Crippen molar-refractivity contribution < 1.29 is 14.3 Å². The van der Waals surface area contributed by atoms with Crippen LogP contribution in [0.15, 0.2) is 52.7 Å². The Balaban J connectivity index is 1.77. The van der Waals surface area contributed by atoms with Crippen LogP contribution < -0.4 is 9.47 Å². The van der Waals surface area contributed by atoms with Crippen LogP contribution >= 0.6 is 0 Å². The standard InChI is InChI=1S/C19H18N2O3/c1-23-16-8-7-12(9-17(16)24-2)15-11-20-21-19(15)10-13-5-3-4-6-14(13)18(19)22/h3-9,15H,10-11H2,1-2H3/t15-,19-/m1/s1. The van der Waals surface area contributed by atoms with Crippen molar-refractivity contribution in [3.05, 3.63) is 59.2 Å². The molecule has 0 bridgehead atoms. The van der Waals surface area contributed by atoms with Gasteiger partial charge in [0.25, 0.3) is 0 Å². The van der Waals surface area contributed by atoms with Gasteiger partial charge in [0.05, 0.1) is 20.8 Å². The van der Waals surface area contributed by atoms with Crippen LogP contribution in [0.25, 0.3) is 0 Å². The lowest BCUT2D eigenvalue weighted by Crippen LogP contribution is -2.38. The van der Waals surface area contributed by atoms with Gasteiger partial charge in [-0.15, -0.1) is 0 Å². The molecule has 1 spiro atoms. The first-order valence-electron chi connectivity index (χ1n) is 7.93. The highest BCUT2D eigenvalue weighted by molar-refractivity contribution is 6.08. The summed E-state index contributed by atoms with van der Waals surface area (Å²) in [6.45, 7) is 0.509. The summed E-state index contributed by atoms with van der Waals surface area (Å²) in [5, 5.41) is 8.66. The minimum atomic E-state index is -0.816. The Morgan fingerprint density at radius 3 is 2.62 bits per heavy atom. The summed E-state index contributed by atoms with van der Waals surface area (Å²) >= 11 is 0. The molecule has 0 aromatic heterocycles. The highest BCUT2D eigenvalue weighted by Crippen LogP contribution is 2.47. The van der Waals surface area contributed by atoms with Crippen LogP contribution in [0.2, 0.25) is 0 Å². The van der Waals surface area contributed by atoms with Crippen molar-refractivity contribution in [1.29, 1.82) is 0 Å². The summed E-state index contributed by atoms with van der Waals surface area (Å²) in [7, 11) is 3.22. The van der Waals surface area contributed by atoms with E-state index in [0.717, 1.165) is 16.7 Å². The molecule has 1 aliphatic carbocycles. The van der Waals surface area contributed by atoms with Gasteiger partial charge < -0.3 is 9.47 Å². The van der Waals surface area contributed by atoms with Gasteiger partial charge in [-0.1, -0.05) is 30.3 Å². The summed E-state index contributed by atoms with van der Waals surface area (Å²) in [4.78, 5) is 13.1. The van der Waals surface area contributed by atoms with E-state index in [9.17, 15) is 4.79 Å². The molecule has 122 valence electrons. The predicted molar refractivity (Wildman–Crippen MR) is 89.2 cm³/mol. The molecule has 2 aromatic carbocycles. The Kier molecular flexibility index (Phi) is 3.37. The van der Waals surface area contributed by atoms with Crippen molar-refractivity contribution >= 4 is 5.78 Å².